The normalized spacial score (nSPS) is 25.3. The van der Waals surface area contributed by atoms with Crippen molar-refractivity contribution in [1.82, 2.24) is 4.90 Å². The fourth-order valence-electron chi connectivity index (χ4n) is 3.78. The zero-order valence-electron chi connectivity index (χ0n) is 17.2. The molecule has 5 heteroatoms. The van der Waals surface area contributed by atoms with Gasteiger partial charge in [0, 0.05) is 6.54 Å². The maximum Gasteiger partial charge on any atom is 0.495 e. The first kappa shape index (κ1) is 19.8. The molecule has 0 radical (unpaired) electrons. The fraction of sp³-hybridized carbons (Fsp3) is 0.714. The molecule has 2 fully saturated rings. The minimum atomic E-state index is -0.519. The van der Waals surface area contributed by atoms with Gasteiger partial charge in [-0.15, -0.1) is 0 Å². The second kappa shape index (κ2) is 6.92. The van der Waals surface area contributed by atoms with Crippen molar-refractivity contribution in [3.05, 3.63) is 29.6 Å². The van der Waals surface area contributed by atoms with Crippen LogP contribution in [0.5, 0.6) is 0 Å². The highest BCUT2D eigenvalue weighted by Crippen LogP contribution is 2.37. The lowest BCUT2D eigenvalue weighted by Gasteiger charge is -2.32. The molecule has 1 aromatic rings. The van der Waals surface area contributed by atoms with E-state index in [1.165, 1.54) is 19.3 Å². The Morgan fingerprint density at radius 2 is 1.65 bits per heavy atom. The number of hydrogen-bond acceptors (Lipinski definition) is 3. The van der Waals surface area contributed by atoms with Crippen molar-refractivity contribution in [2.24, 2.45) is 5.41 Å². The van der Waals surface area contributed by atoms with E-state index in [9.17, 15) is 4.39 Å². The maximum absolute atomic E-state index is 14.0. The number of likely N-dealkylation sites (tertiary alicyclic amines) is 1. The van der Waals surface area contributed by atoms with Gasteiger partial charge in [0.1, 0.15) is 5.82 Å². The van der Waals surface area contributed by atoms with Gasteiger partial charge >= 0.3 is 7.12 Å². The lowest BCUT2D eigenvalue weighted by atomic mass is 9.75. The maximum atomic E-state index is 14.0. The van der Waals surface area contributed by atoms with E-state index in [0.29, 0.717) is 5.41 Å². The van der Waals surface area contributed by atoms with Gasteiger partial charge < -0.3 is 9.31 Å². The van der Waals surface area contributed by atoms with E-state index in [-0.39, 0.29) is 5.82 Å². The molecule has 3 nitrogen and oxygen atoms in total. The molecule has 0 atom stereocenters. The Labute approximate surface area is 158 Å². The molecule has 26 heavy (non-hydrogen) atoms. The molecule has 0 N–H and O–H groups in total. The molecule has 2 aliphatic rings. The van der Waals surface area contributed by atoms with Gasteiger partial charge in [0.15, 0.2) is 0 Å². The molecule has 0 aromatic heterocycles. The molecule has 0 unspecified atom stereocenters. The van der Waals surface area contributed by atoms with Crippen LogP contribution < -0.4 is 5.46 Å². The smallest absolute Gasteiger partial charge is 0.399 e. The fourth-order valence-corrected chi connectivity index (χ4v) is 3.78. The van der Waals surface area contributed by atoms with E-state index in [4.69, 9.17) is 9.31 Å². The van der Waals surface area contributed by atoms with Crippen LogP contribution >= 0.6 is 0 Å². The summed E-state index contributed by atoms with van der Waals surface area (Å²) >= 11 is 0. The predicted molar refractivity (Wildman–Crippen MR) is 105 cm³/mol. The standard InChI is InChI=1S/C21H33BFNO2/c1-19(2)10-7-12-24(13-11-19)15-16-8-9-17(23)14-18(16)22-25-20(3,4)21(5,6)26-22/h8-9,14H,7,10-13,15H2,1-6H3. The highest BCUT2D eigenvalue weighted by atomic mass is 19.1. The molecule has 2 heterocycles. The van der Waals surface area contributed by atoms with Gasteiger partial charge in [-0.05, 0) is 88.6 Å². The van der Waals surface area contributed by atoms with E-state index in [1.807, 2.05) is 33.8 Å². The van der Waals surface area contributed by atoms with Crippen molar-refractivity contribution in [3.63, 3.8) is 0 Å². The van der Waals surface area contributed by atoms with Gasteiger partial charge in [0.05, 0.1) is 11.2 Å². The summed E-state index contributed by atoms with van der Waals surface area (Å²) in [6.45, 7) is 15.8. The zero-order valence-corrected chi connectivity index (χ0v) is 17.2. The van der Waals surface area contributed by atoms with Crippen molar-refractivity contribution in [1.29, 1.82) is 0 Å². The van der Waals surface area contributed by atoms with Crippen LogP contribution in [0.2, 0.25) is 0 Å². The van der Waals surface area contributed by atoms with Crippen LogP contribution in [0, 0.1) is 11.2 Å². The summed E-state index contributed by atoms with van der Waals surface area (Å²) in [5, 5.41) is 0. The number of nitrogens with zero attached hydrogens (tertiary/aromatic N) is 1. The molecule has 1 aromatic carbocycles. The van der Waals surface area contributed by atoms with E-state index in [1.54, 1.807) is 12.1 Å². The van der Waals surface area contributed by atoms with Crippen LogP contribution in [0.15, 0.2) is 18.2 Å². The molecular formula is C21H33BFNO2. The van der Waals surface area contributed by atoms with Crippen LogP contribution in [0.1, 0.15) is 66.4 Å². The molecule has 2 aliphatic heterocycles. The second-order valence-corrected chi connectivity index (χ2v) is 9.73. The summed E-state index contributed by atoms with van der Waals surface area (Å²) < 4.78 is 26.4. The minimum absolute atomic E-state index is 0.240. The molecule has 2 saturated heterocycles. The van der Waals surface area contributed by atoms with Crippen molar-refractivity contribution in [2.75, 3.05) is 13.1 Å². The van der Waals surface area contributed by atoms with Crippen molar-refractivity contribution in [2.45, 2.75) is 78.6 Å². The van der Waals surface area contributed by atoms with Crippen molar-refractivity contribution >= 4 is 12.6 Å². The van der Waals surface area contributed by atoms with Crippen LogP contribution in [0.25, 0.3) is 0 Å². The summed E-state index contributed by atoms with van der Waals surface area (Å²) in [4.78, 5) is 2.48. The predicted octanol–water partition coefficient (Wildman–Crippen LogP) is 4.14. The first-order valence-corrected chi connectivity index (χ1v) is 9.85. The summed E-state index contributed by atoms with van der Waals surface area (Å²) in [7, 11) is -0.519. The Morgan fingerprint density at radius 3 is 2.31 bits per heavy atom. The van der Waals surface area contributed by atoms with Crippen LogP contribution in [-0.4, -0.2) is 36.3 Å². The van der Waals surface area contributed by atoms with Gasteiger partial charge in [-0.25, -0.2) is 4.39 Å². The topological polar surface area (TPSA) is 21.7 Å². The number of hydrogen-bond donors (Lipinski definition) is 0. The number of rotatable bonds is 3. The molecule has 0 bridgehead atoms. The Kier molecular flexibility index (Phi) is 5.28. The third kappa shape index (κ3) is 4.15. The van der Waals surface area contributed by atoms with Crippen molar-refractivity contribution < 1.29 is 13.7 Å². The third-order valence-corrected chi connectivity index (χ3v) is 6.44. The average molecular weight is 361 g/mol. The molecular weight excluding hydrogens is 328 g/mol. The quantitative estimate of drug-likeness (QED) is 0.756. The van der Waals surface area contributed by atoms with E-state index < -0.39 is 18.3 Å². The Balaban J connectivity index is 1.81. The molecule has 0 spiro atoms. The first-order valence-electron chi connectivity index (χ1n) is 9.85. The van der Waals surface area contributed by atoms with Gasteiger partial charge in [0.2, 0.25) is 0 Å². The van der Waals surface area contributed by atoms with Crippen LogP contribution in [0.4, 0.5) is 4.39 Å². The van der Waals surface area contributed by atoms with Gasteiger partial charge in [-0.3, -0.25) is 4.90 Å². The molecule has 0 aliphatic carbocycles. The highest BCUT2D eigenvalue weighted by Gasteiger charge is 2.52. The van der Waals surface area contributed by atoms with Gasteiger partial charge in [0.25, 0.3) is 0 Å². The SMILES string of the molecule is CC1(C)CCCN(Cc2ccc(F)cc2B2OC(C)(C)C(C)(C)O2)CC1. The zero-order chi connectivity index (χ0) is 19.2. The Bertz CT molecular complexity index is 643. The Morgan fingerprint density at radius 1 is 1.00 bits per heavy atom. The summed E-state index contributed by atoms with van der Waals surface area (Å²) in [6, 6.07) is 5.02. The largest absolute Gasteiger partial charge is 0.495 e. The molecule has 144 valence electrons. The summed E-state index contributed by atoms with van der Waals surface area (Å²) in [5.41, 5.74) is 1.49. The van der Waals surface area contributed by atoms with E-state index in [2.05, 4.69) is 18.7 Å². The summed E-state index contributed by atoms with van der Waals surface area (Å²) in [5.74, 6) is -0.240. The second-order valence-electron chi connectivity index (χ2n) is 9.73. The Hall–Kier alpha value is -0.905. The molecule has 3 rings (SSSR count). The minimum Gasteiger partial charge on any atom is -0.399 e. The van der Waals surface area contributed by atoms with E-state index in [0.717, 1.165) is 30.7 Å². The lowest BCUT2D eigenvalue weighted by Crippen LogP contribution is -2.41. The summed E-state index contributed by atoms with van der Waals surface area (Å²) in [6.07, 6.45) is 3.66. The first-order chi connectivity index (χ1) is 12.0. The van der Waals surface area contributed by atoms with Crippen LogP contribution in [-0.2, 0) is 15.9 Å². The lowest BCUT2D eigenvalue weighted by molar-refractivity contribution is 0.00578. The van der Waals surface area contributed by atoms with Crippen LogP contribution in [0.3, 0.4) is 0 Å². The average Bonchev–Trinajstić information content (AvgIpc) is 2.64. The van der Waals surface area contributed by atoms with Gasteiger partial charge in [-0.2, -0.15) is 0 Å². The molecule has 0 saturated carbocycles. The third-order valence-electron chi connectivity index (χ3n) is 6.44. The number of halogens is 1. The highest BCUT2D eigenvalue weighted by molar-refractivity contribution is 6.62. The number of benzene rings is 1. The molecule has 0 amide bonds. The van der Waals surface area contributed by atoms with Gasteiger partial charge in [-0.1, -0.05) is 19.9 Å². The van der Waals surface area contributed by atoms with E-state index >= 15 is 0 Å². The van der Waals surface area contributed by atoms with Crippen molar-refractivity contribution in [3.8, 4) is 0 Å². The monoisotopic (exact) mass is 361 g/mol.